The third-order valence-corrected chi connectivity index (χ3v) is 8.20. The van der Waals surface area contributed by atoms with E-state index in [1.807, 2.05) is 79.7 Å². The highest BCUT2D eigenvalue weighted by Gasteiger charge is 2.27. The number of nitrogens with zero attached hydrogens (tertiary/aromatic N) is 1. The molecule has 1 aliphatic heterocycles. The number of β-amino-alcohol motifs (C(OH)–C–C–N with tert-alkyl or cyclic N) is 1. The van der Waals surface area contributed by atoms with Crippen LogP contribution in [-0.2, 0) is 6.42 Å². The van der Waals surface area contributed by atoms with Crippen molar-refractivity contribution in [1.29, 1.82) is 0 Å². The molecule has 0 spiro atoms. The van der Waals surface area contributed by atoms with E-state index in [1.54, 1.807) is 30.3 Å². The normalized spacial score (nSPS) is 15.0. The van der Waals surface area contributed by atoms with Crippen molar-refractivity contribution in [1.82, 2.24) is 15.5 Å². The van der Waals surface area contributed by atoms with Gasteiger partial charge in [-0.1, -0.05) is 84.9 Å². The largest absolute Gasteiger partial charge is 0.390 e. The molecule has 1 fully saturated rings. The van der Waals surface area contributed by atoms with Crippen molar-refractivity contribution in [3.63, 3.8) is 0 Å². The van der Waals surface area contributed by atoms with Crippen LogP contribution < -0.4 is 10.6 Å². The number of likely N-dealkylation sites (tertiary alicyclic amines) is 1. The third-order valence-electron chi connectivity index (χ3n) is 8.20. The summed E-state index contributed by atoms with van der Waals surface area (Å²) in [6.07, 6.45) is 0.775. The molecule has 0 radical (unpaired) electrons. The first-order valence-corrected chi connectivity index (χ1v) is 15.1. The van der Waals surface area contributed by atoms with Gasteiger partial charge in [0, 0.05) is 23.2 Å². The molecule has 0 aromatic heterocycles. The summed E-state index contributed by atoms with van der Waals surface area (Å²) >= 11 is 0. The van der Waals surface area contributed by atoms with Crippen LogP contribution in [0.25, 0.3) is 11.1 Å². The molecule has 1 heterocycles. The number of Topliss-reactive ketones (excluding diaryl/α,β-unsaturated/α-hetero) is 1. The summed E-state index contributed by atoms with van der Waals surface area (Å²) in [6, 6.07) is 30.8. The number of carbonyl (C=O) groups excluding carboxylic acids is 3. The Bertz CT molecular complexity index is 1600. The van der Waals surface area contributed by atoms with Crippen molar-refractivity contribution >= 4 is 17.6 Å². The molecular formula is C37H39N3O4. The summed E-state index contributed by atoms with van der Waals surface area (Å²) in [5, 5.41) is 17.3. The smallest absolute Gasteiger partial charge is 0.251 e. The molecule has 7 nitrogen and oxygen atoms in total. The van der Waals surface area contributed by atoms with Crippen LogP contribution in [0.1, 0.15) is 68.5 Å². The molecule has 3 N–H and O–H groups in total. The lowest BCUT2D eigenvalue weighted by Crippen LogP contribution is -2.52. The van der Waals surface area contributed by atoms with Crippen LogP contribution in [0, 0.1) is 0 Å². The molecule has 3 atom stereocenters. The molecule has 0 unspecified atom stereocenters. The highest BCUT2D eigenvalue weighted by atomic mass is 16.3. The number of benzene rings is 4. The van der Waals surface area contributed by atoms with E-state index in [0.29, 0.717) is 35.2 Å². The molecular weight excluding hydrogens is 550 g/mol. The number of hydrogen-bond acceptors (Lipinski definition) is 5. The Morgan fingerprint density at radius 2 is 1.39 bits per heavy atom. The predicted molar refractivity (Wildman–Crippen MR) is 173 cm³/mol. The van der Waals surface area contributed by atoms with Gasteiger partial charge in [-0.25, -0.2) is 0 Å². The zero-order valence-electron chi connectivity index (χ0n) is 25.2. The minimum Gasteiger partial charge on any atom is -0.390 e. The number of ketones is 1. The molecule has 0 aliphatic carbocycles. The first kappa shape index (κ1) is 30.9. The van der Waals surface area contributed by atoms with Crippen LogP contribution in [0.3, 0.4) is 0 Å². The van der Waals surface area contributed by atoms with E-state index in [1.165, 1.54) is 6.92 Å². The zero-order valence-corrected chi connectivity index (χ0v) is 25.2. The molecule has 2 amide bonds. The van der Waals surface area contributed by atoms with Crippen LogP contribution >= 0.6 is 0 Å². The van der Waals surface area contributed by atoms with E-state index in [-0.39, 0.29) is 23.3 Å². The molecule has 7 heteroatoms. The van der Waals surface area contributed by atoms with Crippen molar-refractivity contribution in [3.8, 4) is 11.1 Å². The van der Waals surface area contributed by atoms with E-state index in [4.69, 9.17) is 0 Å². The Morgan fingerprint density at radius 1 is 0.795 bits per heavy atom. The van der Waals surface area contributed by atoms with Crippen LogP contribution in [0.15, 0.2) is 103 Å². The molecule has 5 rings (SSSR count). The monoisotopic (exact) mass is 589 g/mol. The van der Waals surface area contributed by atoms with Crippen LogP contribution in [-0.4, -0.2) is 59.4 Å². The Balaban J connectivity index is 1.48. The van der Waals surface area contributed by atoms with E-state index < -0.39 is 18.1 Å². The second kappa shape index (κ2) is 14.3. The summed E-state index contributed by atoms with van der Waals surface area (Å²) in [6.45, 7) is 5.73. The maximum absolute atomic E-state index is 13.9. The van der Waals surface area contributed by atoms with Crippen molar-refractivity contribution in [2.45, 2.75) is 44.9 Å². The van der Waals surface area contributed by atoms with Gasteiger partial charge in [0.25, 0.3) is 11.8 Å². The number of hydrogen-bond donors (Lipinski definition) is 3. The lowest BCUT2D eigenvalue weighted by molar-refractivity contribution is 0.0501. The lowest BCUT2D eigenvalue weighted by atomic mass is 9.93. The van der Waals surface area contributed by atoms with Crippen LogP contribution in [0.4, 0.5) is 0 Å². The zero-order chi connectivity index (χ0) is 31.1. The van der Waals surface area contributed by atoms with Gasteiger partial charge < -0.3 is 20.6 Å². The lowest BCUT2D eigenvalue weighted by Gasteiger charge is -2.35. The van der Waals surface area contributed by atoms with E-state index in [9.17, 15) is 19.5 Å². The van der Waals surface area contributed by atoms with Crippen molar-refractivity contribution in [2.75, 3.05) is 19.6 Å². The van der Waals surface area contributed by atoms with Crippen molar-refractivity contribution in [3.05, 3.63) is 131 Å². The maximum atomic E-state index is 13.9. The summed E-state index contributed by atoms with van der Waals surface area (Å²) in [4.78, 5) is 42.2. The van der Waals surface area contributed by atoms with Gasteiger partial charge in [0.15, 0.2) is 5.78 Å². The first-order valence-electron chi connectivity index (χ1n) is 15.1. The Kier molecular flexibility index (Phi) is 10.00. The summed E-state index contributed by atoms with van der Waals surface area (Å²) in [5.74, 6) is -0.853. The Morgan fingerprint density at radius 3 is 2.00 bits per heavy atom. The number of aliphatic hydroxyl groups excluding tert-OH is 1. The van der Waals surface area contributed by atoms with Gasteiger partial charge in [0.05, 0.1) is 18.2 Å². The SMILES string of the molecule is CC(=O)c1ccccc1-c1cc(C(=O)N[C@@H](Cc2ccccc2)[C@H](O)CN2CCC2)cc(C(=O)N[C@H](C)c2ccccc2)c1. The van der Waals surface area contributed by atoms with Crippen molar-refractivity contribution in [2.24, 2.45) is 0 Å². The molecule has 4 aromatic rings. The van der Waals surface area contributed by atoms with Gasteiger partial charge in [0.1, 0.15) is 0 Å². The van der Waals surface area contributed by atoms with E-state index >= 15 is 0 Å². The summed E-state index contributed by atoms with van der Waals surface area (Å²) in [5.41, 5.74) is 4.25. The van der Waals surface area contributed by atoms with Gasteiger partial charge in [-0.3, -0.25) is 14.4 Å². The molecule has 0 bridgehead atoms. The number of nitrogens with one attached hydrogen (secondary N) is 2. The average molecular weight is 590 g/mol. The second-order valence-corrected chi connectivity index (χ2v) is 11.5. The van der Waals surface area contributed by atoms with Crippen LogP contribution in [0.2, 0.25) is 0 Å². The Hall–Kier alpha value is -4.59. The summed E-state index contributed by atoms with van der Waals surface area (Å²) in [7, 11) is 0. The second-order valence-electron chi connectivity index (χ2n) is 11.5. The Labute approximate surface area is 258 Å². The topological polar surface area (TPSA) is 98.7 Å². The molecule has 1 aliphatic rings. The highest BCUT2D eigenvalue weighted by Crippen LogP contribution is 2.27. The fourth-order valence-corrected chi connectivity index (χ4v) is 5.55. The average Bonchev–Trinajstić information content (AvgIpc) is 3.03. The van der Waals surface area contributed by atoms with E-state index in [2.05, 4.69) is 15.5 Å². The van der Waals surface area contributed by atoms with Gasteiger partial charge in [-0.2, -0.15) is 0 Å². The predicted octanol–water partition coefficient (Wildman–Crippen LogP) is 5.45. The first-order chi connectivity index (χ1) is 21.3. The minimum absolute atomic E-state index is 0.115. The number of carbonyl (C=O) groups is 3. The molecule has 226 valence electrons. The standard InChI is InChI=1S/C37H39N3O4/c1-25(28-14-7-4-8-15-28)38-36(43)30-21-29(33-17-10-9-16-32(33)26(2)41)22-31(23-30)37(44)39-34(20-27-12-5-3-6-13-27)35(42)24-40-18-11-19-40/h3-10,12-17,21-23,25,34-35,42H,11,18-20,24H2,1-2H3,(H,38,43)(H,39,44)/t25-,34+,35-/m1/s1. The van der Waals surface area contributed by atoms with Gasteiger partial charge in [-0.05, 0) is 80.2 Å². The number of rotatable bonds is 12. The van der Waals surface area contributed by atoms with Gasteiger partial charge >= 0.3 is 0 Å². The molecule has 4 aromatic carbocycles. The third kappa shape index (κ3) is 7.67. The fraction of sp³-hybridized carbons (Fsp3) is 0.270. The molecule has 0 saturated carbocycles. The highest BCUT2D eigenvalue weighted by molar-refractivity contribution is 6.04. The van der Waals surface area contributed by atoms with Gasteiger partial charge in [-0.15, -0.1) is 0 Å². The number of amides is 2. The van der Waals surface area contributed by atoms with Gasteiger partial charge in [0.2, 0.25) is 0 Å². The number of aliphatic hydroxyl groups is 1. The van der Waals surface area contributed by atoms with Crippen LogP contribution in [0.5, 0.6) is 0 Å². The van der Waals surface area contributed by atoms with E-state index in [0.717, 1.165) is 30.6 Å². The minimum atomic E-state index is -0.782. The fourth-order valence-electron chi connectivity index (χ4n) is 5.55. The quantitative estimate of drug-likeness (QED) is 0.191. The maximum Gasteiger partial charge on any atom is 0.251 e. The summed E-state index contributed by atoms with van der Waals surface area (Å²) < 4.78 is 0. The molecule has 1 saturated heterocycles. The van der Waals surface area contributed by atoms with Crippen molar-refractivity contribution < 1.29 is 19.5 Å². The molecule has 44 heavy (non-hydrogen) atoms.